The molecule has 1 atom stereocenters. The summed E-state index contributed by atoms with van der Waals surface area (Å²) in [6.07, 6.45) is 11.9. The lowest BCUT2D eigenvalue weighted by Crippen LogP contribution is -2.22. The Balaban J connectivity index is 1.85. The van der Waals surface area contributed by atoms with Crippen molar-refractivity contribution >= 4 is 0 Å². The second kappa shape index (κ2) is 11.3. The second-order valence-corrected chi connectivity index (χ2v) is 4.66. The molecule has 1 rings (SSSR count). The maximum atomic E-state index is 5.64. The van der Waals surface area contributed by atoms with Crippen LogP contribution in [0.4, 0.5) is 0 Å². The number of unbranched alkanes of at least 4 members (excludes halogenated alkanes) is 4. The molecule has 0 N–H and O–H groups in total. The summed E-state index contributed by atoms with van der Waals surface area (Å²) in [5.74, 6) is 6.42. The molecular weight excluding hydrogens is 224 g/mol. The first-order valence-electron chi connectivity index (χ1n) is 7.23. The summed E-state index contributed by atoms with van der Waals surface area (Å²) in [7, 11) is 0. The van der Waals surface area contributed by atoms with E-state index >= 15 is 0 Å². The average molecular weight is 250 g/mol. The van der Waals surface area contributed by atoms with Gasteiger partial charge < -0.3 is 9.47 Å². The normalized spacial score (nSPS) is 19.0. The Morgan fingerprint density at radius 1 is 1.17 bits per heavy atom. The molecule has 0 aromatic heterocycles. The summed E-state index contributed by atoms with van der Waals surface area (Å²) in [6, 6.07) is 0. The van der Waals surface area contributed by atoms with E-state index in [0.717, 1.165) is 45.3 Å². The van der Waals surface area contributed by atoms with E-state index in [-0.39, 0.29) is 6.29 Å². The van der Waals surface area contributed by atoms with Gasteiger partial charge in [0.05, 0.1) is 6.61 Å². The zero-order valence-electron chi connectivity index (χ0n) is 11.5. The average Bonchev–Trinajstić information content (AvgIpc) is 2.42. The van der Waals surface area contributed by atoms with Gasteiger partial charge >= 0.3 is 0 Å². The van der Waals surface area contributed by atoms with E-state index in [9.17, 15) is 0 Å². The lowest BCUT2D eigenvalue weighted by Gasteiger charge is -2.22. The maximum Gasteiger partial charge on any atom is 0.157 e. The number of ether oxygens (including phenoxy) is 2. The minimum Gasteiger partial charge on any atom is -0.353 e. The first-order valence-corrected chi connectivity index (χ1v) is 7.23. The van der Waals surface area contributed by atoms with E-state index in [0.29, 0.717) is 0 Å². The van der Waals surface area contributed by atoms with Crippen molar-refractivity contribution in [1.29, 1.82) is 0 Å². The molecule has 0 bridgehead atoms. The Morgan fingerprint density at radius 3 is 2.72 bits per heavy atom. The molecule has 0 saturated carbocycles. The van der Waals surface area contributed by atoms with Crippen molar-refractivity contribution in [2.45, 2.75) is 64.1 Å². The van der Waals surface area contributed by atoms with Crippen molar-refractivity contribution in [3.8, 4) is 11.8 Å². The van der Waals surface area contributed by atoms with Crippen LogP contribution in [0, 0.1) is 11.8 Å². The van der Waals surface area contributed by atoms with Gasteiger partial charge in [0, 0.05) is 19.4 Å². The number of hydrogen-bond donors (Lipinski definition) is 0. The molecule has 0 amide bonds. The second-order valence-electron chi connectivity index (χ2n) is 4.66. The van der Waals surface area contributed by atoms with Crippen molar-refractivity contribution in [2.75, 3.05) is 13.2 Å². The van der Waals surface area contributed by atoms with Crippen molar-refractivity contribution in [3.63, 3.8) is 0 Å². The van der Waals surface area contributed by atoms with Crippen LogP contribution in [-0.2, 0) is 9.47 Å². The molecule has 2 heteroatoms. The third-order valence-electron chi connectivity index (χ3n) is 2.97. The fourth-order valence-electron chi connectivity index (χ4n) is 1.90. The molecule has 0 spiro atoms. The molecule has 0 radical (unpaired) electrons. The Labute approximate surface area is 112 Å². The van der Waals surface area contributed by atoms with E-state index < -0.39 is 0 Å². The van der Waals surface area contributed by atoms with E-state index in [1.165, 1.54) is 25.7 Å². The van der Waals surface area contributed by atoms with Crippen LogP contribution in [0.3, 0.4) is 0 Å². The van der Waals surface area contributed by atoms with Gasteiger partial charge in [-0.3, -0.25) is 0 Å². The first kappa shape index (κ1) is 15.3. The topological polar surface area (TPSA) is 18.5 Å². The third kappa shape index (κ3) is 8.33. The number of rotatable bonds is 8. The third-order valence-corrected chi connectivity index (χ3v) is 2.97. The van der Waals surface area contributed by atoms with Gasteiger partial charge in [-0.05, 0) is 44.9 Å². The molecule has 2 nitrogen and oxygen atoms in total. The maximum absolute atomic E-state index is 5.64. The zero-order valence-corrected chi connectivity index (χ0v) is 11.5. The van der Waals surface area contributed by atoms with Crippen molar-refractivity contribution in [2.24, 2.45) is 0 Å². The highest BCUT2D eigenvalue weighted by Gasteiger charge is 2.12. The van der Waals surface area contributed by atoms with Gasteiger partial charge in [-0.1, -0.05) is 6.08 Å². The summed E-state index contributed by atoms with van der Waals surface area (Å²) in [5, 5.41) is 0. The van der Waals surface area contributed by atoms with Crippen LogP contribution in [0.1, 0.15) is 57.8 Å². The van der Waals surface area contributed by atoms with E-state index in [4.69, 9.17) is 9.47 Å². The molecule has 0 aromatic carbocycles. The van der Waals surface area contributed by atoms with Gasteiger partial charge in [0.15, 0.2) is 6.29 Å². The van der Waals surface area contributed by atoms with Crippen LogP contribution in [0.15, 0.2) is 12.7 Å². The van der Waals surface area contributed by atoms with E-state index in [1.54, 1.807) is 0 Å². The molecule has 1 aliphatic heterocycles. The Hall–Kier alpha value is -0.780. The van der Waals surface area contributed by atoms with Gasteiger partial charge in [-0.25, -0.2) is 0 Å². The Kier molecular flexibility index (Phi) is 9.61. The van der Waals surface area contributed by atoms with Crippen molar-refractivity contribution in [3.05, 3.63) is 12.7 Å². The minimum absolute atomic E-state index is 0.0469. The van der Waals surface area contributed by atoms with Crippen LogP contribution >= 0.6 is 0 Å². The monoisotopic (exact) mass is 250 g/mol. The van der Waals surface area contributed by atoms with Crippen molar-refractivity contribution < 1.29 is 9.47 Å². The SMILES string of the molecule is C=CCCCCC#CCCCOC1CCCCO1. The molecule has 1 unspecified atom stereocenters. The molecule has 0 aliphatic carbocycles. The lowest BCUT2D eigenvalue weighted by molar-refractivity contribution is -0.162. The predicted molar refractivity (Wildman–Crippen MR) is 75.2 cm³/mol. The number of allylic oxidation sites excluding steroid dienone is 1. The Morgan fingerprint density at radius 2 is 2.00 bits per heavy atom. The quantitative estimate of drug-likeness (QED) is 0.367. The summed E-state index contributed by atoms with van der Waals surface area (Å²) in [6.45, 7) is 5.34. The molecular formula is C16H26O2. The summed E-state index contributed by atoms with van der Waals surface area (Å²) < 4.78 is 11.1. The highest BCUT2D eigenvalue weighted by atomic mass is 16.7. The fraction of sp³-hybridized carbons (Fsp3) is 0.750. The van der Waals surface area contributed by atoms with Gasteiger partial charge in [0.25, 0.3) is 0 Å². The van der Waals surface area contributed by atoms with Crippen LogP contribution in [0.5, 0.6) is 0 Å². The highest BCUT2D eigenvalue weighted by molar-refractivity contribution is 4.98. The lowest BCUT2D eigenvalue weighted by atomic mass is 10.2. The summed E-state index contributed by atoms with van der Waals surface area (Å²) in [5.41, 5.74) is 0. The van der Waals surface area contributed by atoms with Gasteiger partial charge in [0.2, 0.25) is 0 Å². The molecule has 1 fully saturated rings. The van der Waals surface area contributed by atoms with Gasteiger partial charge in [-0.2, -0.15) is 0 Å². The zero-order chi connectivity index (χ0) is 12.9. The van der Waals surface area contributed by atoms with Crippen LogP contribution in [0.25, 0.3) is 0 Å². The summed E-state index contributed by atoms with van der Waals surface area (Å²) >= 11 is 0. The van der Waals surface area contributed by atoms with Crippen LogP contribution in [0.2, 0.25) is 0 Å². The molecule has 1 aliphatic rings. The van der Waals surface area contributed by atoms with Gasteiger partial charge in [-0.15, -0.1) is 18.4 Å². The molecule has 1 heterocycles. The molecule has 0 aromatic rings. The number of hydrogen-bond acceptors (Lipinski definition) is 2. The van der Waals surface area contributed by atoms with Crippen molar-refractivity contribution in [1.82, 2.24) is 0 Å². The van der Waals surface area contributed by atoms with E-state index in [1.807, 2.05) is 6.08 Å². The molecule has 1 saturated heterocycles. The fourth-order valence-corrected chi connectivity index (χ4v) is 1.90. The predicted octanol–water partition coefficient (Wildman–Crippen LogP) is 4.06. The van der Waals surface area contributed by atoms with Gasteiger partial charge in [0.1, 0.15) is 0 Å². The summed E-state index contributed by atoms with van der Waals surface area (Å²) in [4.78, 5) is 0. The van der Waals surface area contributed by atoms with Crippen LogP contribution in [-0.4, -0.2) is 19.5 Å². The molecule has 18 heavy (non-hydrogen) atoms. The standard InChI is InChI=1S/C16H26O2/c1-2-3-4-5-6-7-8-9-11-14-17-16-13-10-12-15-18-16/h2,16H,1,3-6,9-15H2. The van der Waals surface area contributed by atoms with Crippen LogP contribution < -0.4 is 0 Å². The minimum atomic E-state index is 0.0469. The smallest absolute Gasteiger partial charge is 0.157 e. The first-order chi connectivity index (χ1) is 8.93. The van der Waals surface area contributed by atoms with E-state index in [2.05, 4.69) is 18.4 Å². The largest absolute Gasteiger partial charge is 0.353 e. The highest BCUT2D eigenvalue weighted by Crippen LogP contribution is 2.13. The molecule has 102 valence electrons. The Bertz CT molecular complexity index is 256.